The standard InChI is InChI=1S/C10H19BrClF/c1-4-9(12)5-7(2)8(3)10(13)6-11/h7-10H,4-6H2,1-3H3. The van der Waals surface area contributed by atoms with Crippen LogP contribution in [0.1, 0.15) is 33.6 Å². The van der Waals surface area contributed by atoms with E-state index in [9.17, 15) is 4.39 Å². The first-order valence-electron chi connectivity index (χ1n) is 4.87. The van der Waals surface area contributed by atoms with Crippen LogP contribution in [0.25, 0.3) is 0 Å². The Labute approximate surface area is 94.4 Å². The fraction of sp³-hybridized carbons (Fsp3) is 1.00. The lowest BCUT2D eigenvalue weighted by Gasteiger charge is -2.23. The zero-order valence-corrected chi connectivity index (χ0v) is 10.9. The third kappa shape index (κ3) is 5.21. The molecule has 4 unspecified atom stereocenters. The predicted molar refractivity (Wildman–Crippen MR) is 61.6 cm³/mol. The van der Waals surface area contributed by atoms with E-state index in [1.807, 2.05) is 6.92 Å². The molecule has 0 radical (unpaired) electrons. The summed E-state index contributed by atoms with van der Waals surface area (Å²) in [4.78, 5) is 0. The smallest absolute Gasteiger partial charge is 0.113 e. The fourth-order valence-corrected chi connectivity index (χ4v) is 2.15. The minimum Gasteiger partial charge on any atom is -0.246 e. The van der Waals surface area contributed by atoms with E-state index in [0.717, 1.165) is 12.8 Å². The molecule has 0 saturated carbocycles. The van der Waals surface area contributed by atoms with Crippen LogP contribution in [0.3, 0.4) is 0 Å². The first-order chi connectivity index (χ1) is 6.02. The summed E-state index contributed by atoms with van der Waals surface area (Å²) in [6.45, 7) is 6.09. The maximum absolute atomic E-state index is 13.2. The van der Waals surface area contributed by atoms with Crippen molar-refractivity contribution in [1.82, 2.24) is 0 Å². The number of halogens is 3. The Kier molecular flexibility index (Phi) is 7.43. The average molecular weight is 274 g/mol. The quantitative estimate of drug-likeness (QED) is 0.629. The molecule has 80 valence electrons. The van der Waals surface area contributed by atoms with E-state index >= 15 is 0 Å². The zero-order chi connectivity index (χ0) is 10.4. The molecule has 0 amide bonds. The summed E-state index contributed by atoms with van der Waals surface area (Å²) in [7, 11) is 0. The Morgan fingerprint density at radius 3 is 2.31 bits per heavy atom. The highest BCUT2D eigenvalue weighted by molar-refractivity contribution is 9.09. The fourth-order valence-electron chi connectivity index (χ4n) is 1.28. The van der Waals surface area contributed by atoms with Crippen LogP contribution in [0.4, 0.5) is 4.39 Å². The molecular formula is C10H19BrClF. The molecule has 0 rings (SSSR count). The van der Waals surface area contributed by atoms with Crippen molar-refractivity contribution in [2.45, 2.75) is 45.2 Å². The van der Waals surface area contributed by atoms with Crippen LogP contribution >= 0.6 is 27.5 Å². The molecule has 0 N–H and O–H groups in total. The lowest BCUT2D eigenvalue weighted by atomic mass is 9.88. The second-order valence-electron chi connectivity index (χ2n) is 3.75. The molecule has 0 aliphatic rings. The van der Waals surface area contributed by atoms with E-state index < -0.39 is 6.17 Å². The number of alkyl halides is 3. The van der Waals surface area contributed by atoms with E-state index in [1.54, 1.807) is 0 Å². The molecule has 0 saturated heterocycles. The zero-order valence-electron chi connectivity index (χ0n) is 8.56. The minimum absolute atomic E-state index is 0.0900. The van der Waals surface area contributed by atoms with Gasteiger partial charge in [-0.05, 0) is 24.7 Å². The van der Waals surface area contributed by atoms with Gasteiger partial charge in [0.15, 0.2) is 0 Å². The molecule has 0 aromatic carbocycles. The average Bonchev–Trinajstić information content (AvgIpc) is 2.14. The van der Waals surface area contributed by atoms with Crippen LogP contribution < -0.4 is 0 Å². The number of rotatable bonds is 6. The second kappa shape index (κ2) is 7.05. The summed E-state index contributed by atoms with van der Waals surface area (Å²) in [6, 6.07) is 0. The highest BCUT2D eigenvalue weighted by atomic mass is 79.9. The van der Waals surface area contributed by atoms with E-state index in [-0.39, 0.29) is 11.3 Å². The number of hydrogen-bond acceptors (Lipinski definition) is 0. The molecule has 0 fully saturated rings. The summed E-state index contributed by atoms with van der Waals surface area (Å²) >= 11 is 9.18. The van der Waals surface area contributed by atoms with Gasteiger partial charge in [0.25, 0.3) is 0 Å². The molecule has 0 aromatic heterocycles. The molecular weight excluding hydrogens is 254 g/mol. The van der Waals surface area contributed by atoms with Gasteiger partial charge < -0.3 is 0 Å². The van der Waals surface area contributed by atoms with E-state index in [0.29, 0.717) is 11.2 Å². The summed E-state index contributed by atoms with van der Waals surface area (Å²) in [6.07, 6.45) is 1.12. The van der Waals surface area contributed by atoms with Crippen LogP contribution in [0.2, 0.25) is 0 Å². The van der Waals surface area contributed by atoms with Gasteiger partial charge in [0, 0.05) is 10.7 Å². The normalized spacial score (nSPS) is 20.8. The van der Waals surface area contributed by atoms with Gasteiger partial charge in [0.1, 0.15) is 6.17 Å². The third-order valence-corrected chi connectivity index (χ3v) is 3.79. The van der Waals surface area contributed by atoms with Crippen molar-refractivity contribution in [3.63, 3.8) is 0 Å². The first kappa shape index (κ1) is 13.7. The molecule has 0 bridgehead atoms. The van der Waals surface area contributed by atoms with Gasteiger partial charge in [-0.1, -0.05) is 36.7 Å². The van der Waals surface area contributed by atoms with Crippen LogP contribution in [0.15, 0.2) is 0 Å². The lowest BCUT2D eigenvalue weighted by Crippen LogP contribution is -2.23. The highest BCUT2D eigenvalue weighted by Gasteiger charge is 2.22. The third-order valence-electron chi connectivity index (χ3n) is 2.69. The van der Waals surface area contributed by atoms with Gasteiger partial charge in [-0.15, -0.1) is 11.6 Å². The maximum Gasteiger partial charge on any atom is 0.113 e. The largest absolute Gasteiger partial charge is 0.246 e. The molecule has 0 aromatic rings. The van der Waals surface area contributed by atoms with Gasteiger partial charge in [-0.2, -0.15) is 0 Å². The Morgan fingerprint density at radius 1 is 1.38 bits per heavy atom. The Bertz CT molecular complexity index is 132. The van der Waals surface area contributed by atoms with E-state index in [4.69, 9.17) is 11.6 Å². The van der Waals surface area contributed by atoms with Crippen molar-refractivity contribution < 1.29 is 4.39 Å². The summed E-state index contributed by atoms with van der Waals surface area (Å²) in [5, 5.41) is 0.623. The van der Waals surface area contributed by atoms with E-state index in [2.05, 4.69) is 29.8 Å². The monoisotopic (exact) mass is 272 g/mol. The van der Waals surface area contributed by atoms with Crippen molar-refractivity contribution >= 4 is 27.5 Å². The Hall–Kier alpha value is 0.700. The minimum atomic E-state index is -0.754. The summed E-state index contributed by atoms with van der Waals surface area (Å²) < 4.78 is 13.2. The van der Waals surface area contributed by atoms with Gasteiger partial charge in [0.2, 0.25) is 0 Å². The van der Waals surface area contributed by atoms with Gasteiger partial charge in [-0.25, -0.2) is 4.39 Å². The van der Waals surface area contributed by atoms with Crippen molar-refractivity contribution in [2.24, 2.45) is 11.8 Å². The molecule has 0 nitrogen and oxygen atoms in total. The van der Waals surface area contributed by atoms with Crippen LogP contribution in [0.5, 0.6) is 0 Å². The maximum atomic E-state index is 13.2. The van der Waals surface area contributed by atoms with Crippen molar-refractivity contribution in [3.05, 3.63) is 0 Å². The number of hydrogen-bond donors (Lipinski definition) is 0. The molecule has 13 heavy (non-hydrogen) atoms. The molecule has 4 atom stereocenters. The van der Waals surface area contributed by atoms with E-state index in [1.165, 1.54) is 0 Å². The SMILES string of the molecule is CCC(Cl)CC(C)C(C)C(F)CBr. The first-order valence-corrected chi connectivity index (χ1v) is 6.42. The van der Waals surface area contributed by atoms with Crippen molar-refractivity contribution in [2.75, 3.05) is 5.33 Å². The van der Waals surface area contributed by atoms with Crippen LogP contribution in [-0.2, 0) is 0 Å². The molecule has 0 spiro atoms. The van der Waals surface area contributed by atoms with Gasteiger partial charge in [0.05, 0.1) is 0 Å². The second-order valence-corrected chi connectivity index (χ2v) is 5.01. The van der Waals surface area contributed by atoms with Gasteiger partial charge >= 0.3 is 0 Å². The summed E-state index contributed by atoms with van der Waals surface area (Å²) in [5.74, 6) is 0.446. The summed E-state index contributed by atoms with van der Waals surface area (Å²) in [5.41, 5.74) is 0. The van der Waals surface area contributed by atoms with Crippen LogP contribution in [0, 0.1) is 11.8 Å². The topological polar surface area (TPSA) is 0 Å². The van der Waals surface area contributed by atoms with Crippen molar-refractivity contribution in [3.8, 4) is 0 Å². The molecule has 0 aliphatic heterocycles. The Balaban J connectivity index is 3.87. The van der Waals surface area contributed by atoms with Crippen LogP contribution in [-0.4, -0.2) is 16.9 Å². The predicted octanol–water partition coefficient (Wildman–Crippen LogP) is 4.40. The highest BCUT2D eigenvalue weighted by Crippen LogP contribution is 2.25. The molecule has 0 aliphatic carbocycles. The van der Waals surface area contributed by atoms with Gasteiger partial charge in [-0.3, -0.25) is 0 Å². The molecule has 0 heterocycles. The van der Waals surface area contributed by atoms with Crippen molar-refractivity contribution in [1.29, 1.82) is 0 Å². The Morgan fingerprint density at radius 2 is 1.92 bits per heavy atom. The lowest BCUT2D eigenvalue weighted by molar-refractivity contribution is 0.202. The molecule has 3 heteroatoms.